The van der Waals surface area contributed by atoms with Gasteiger partial charge in [-0.1, -0.05) is 37.6 Å². The van der Waals surface area contributed by atoms with Gasteiger partial charge in [0, 0.05) is 12.6 Å². The van der Waals surface area contributed by atoms with Crippen LogP contribution in [0.25, 0.3) is 11.3 Å². The number of hydrogen-bond acceptors (Lipinski definition) is 2. The SMILES string of the molecule is C=C(c1cccc(C2=C(C)C=CCC2)n1)N1CCCC2CCCCC21. The number of nitrogens with zero attached hydrogens (tertiary/aromatic N) is 2. The molecule has 1 saturated carbocycles. The Hall–Kier alpha value is -1.83. The van der Waals surface area contributed by atoms with Crippen molar-refractivity contribution in [2.75, 3.05) is 6.54 Å². The van der Waals surface area contributed by atoms with Crippen molar-refractivity contribution in [1.82, 2.24) is 9.88 Å². The number of rotatable bonds is 3. The van der Waals surface area contributed by atoms with Crippen LogP contribution in [0.5, 0.6) is 0 Å². The van der Waals surface area contributed by atoms with Gasteiger partial charge in [0.25, 0.3) is 0 Å². The number of fused-ring (bicyclic) bond motifs is 1. The van der Waals surface area contributed by atoms with E-state index in [9.17, 15) is 0 Å². The first-order chi connectivity index (χ1) is 12.2. The summed E-state index contributed by atoms with van der Waals surface area (Å²) in [5.74, 6) is 0.871. The fraction of sp³-hybridized carbons (Fsp3) is 0.522. The van der Waals surface area contributed by atoms with Crippen molar-refractivity contribution in [3.8, 4) is 0 Å². The minimum absolute atomic E-state index is 0.694. The predicted molar refractivity (Wildman–Crippen MR) is 106 cm³/mol. The first kappa shape index (κ1) is 16.6. The van der Waals surface area contributed by atoms with Gasteiger partial charge in [-0.25, -0.2) is 4.98 Å². The van der Waals surface area contributed by atoms with Crippen molar-refractivity contribution in [1.29, 1.82) is 0 Å². The summed E-state index contributed by atoms with van der Waals surface area (Å²) in [6, 6.07) is 7.16. The lowest BCUT2D eigenvalue weighted by atomic mass is 9.78. The van der Waals surface area contributed by atoms with E-state index in [1.165, 1.54) is 49.7 Å². The number of pyridine rings is 1. The monoisotopic (exact) mass is 334 g/mol. The molecule has 3 aliphatic rings. The van der Waals surface area contributed by atoms with Crippen molar-refractivity contribution < 1.29 is 0 Å². The van der Waals surface area contributed by atoms with Gasteiger partial charge in [0.1, 0.15) is 0 Å². The summed E-state index contributed by atoms with van der Waals surface area (Å²) in [5, 5.41) is 0. The first-order valence-corrected chi connectivity index (χ1v) is 10.0. The van der Waals surface area contributed by atoms with Gasteiger partial charge in [-0.2, -0.15) is 0 Å². The minimum Gasteiger partial charge on any atom is -0.367 e. The van der Waals surface area contributed by atoms with E-state index < -0.39 is 0 Å². The lowest BCUT2D eigenvalue weighted by molar-refractivity contribution is 0.111. The third-order valence-corrected chi connectivity index (χ3v) is 6.35. The Morgan fingerprint density at radius 3 is 2.88 bits per heavy atom. The molecule has 2 unspecified atom stereocenters. The van der Waals surface area contributed by atoms with Gasteiger partial charge < -0.3 is 4.90 Å². The molecule has 132 valence electrons. The van der Waals surface area contributed by atoms with Crippen LogP contribution < -0.4 is 0 Å². The average molecular weight is 335 g/mol. The van der Waals surface area contributed by atoms with Crippen LogP contribution in [0.2, 0.25) is 0 Å². The fourth-order valence-electron chi connectivity index (χ4n) is 4.99. The van der Waals surface area contributed by atoms with Gasteiger partial charge in [-0.05, 0) is 74.6 Å². The second-order valence-electron chi connectivity index (χ2n) is 7.90. The molecule has 1 aromatic heterocycles. The van der Waals surface area contributed by atoms with Crippen LogP contribution in [-0.4, -0.2) is 22.5 Å². The molecule has 2 aliphatic carbocycles. The van der Waals surface area contributed by atoms with Crippen LogP contribution in [0.4, 0.5) is 0 Å². The molecule has 1 aliphatic heterocycles. The van der Waals surface area contributed by atoms with E-state index in [-0.39, 0.29) is 0 Å². The van der Waals surface area contributed by atoms with Crippen LogP contribution in [0.15, 0.2) is 42.5 Å². The van der Waals surface area contributed by atoms with E-state index in [0.29, 0.717) is 6.04 Å². The molecular weight excluding hydrogens is 304 g/mol. The summed E-state index contributed by atoms with van der Waals surface area (Å²) in [6.07, 6.45) is 14.9. The zero-order valence-corrected chi connectivity index (χ0v) is 15.5. The smallest absolute Gasteiger partial charge is 0.0864 e. The van der Waals surface area contributed by atoms with Crippen molar-refractivity contribution in [2.24, 2.45) is 5.92 Å². The van der Waals surface area contributed by atoms with Gasteiger partial charge in [-0.3, -0.25) is 0 Å². The summed E-state index contributed by atoms with van der Waals surface area (Å²) < 4.78 is 0. The molecule has 0 bridgehead atoms. The highest BCUT2D eigenvalue weighted by Gasteiger charge is 2.34. The highest BCUT2D eigenvalue weighted by Crippen LogP contribution is 2.38. The van der Waals surface area contributed by atoms with Crippen molar-refractivity contribution in [3.63, 3.8) is 0 Å². The van der Waals surface area contributed by atoms with Crippen molar-refractivity contribution >= 4 is 11.3 Å². The van der Waals surface area contributed by atoms with Crippen LogP contribution in [-0.2, 0) is 0 Å². The number of likely N-dealkylation sites (tertiary alicyclic amines) is 1. The Morgan fingerprint density at radius 2 is 2.00 bits per heavy atom. The maximum absolute atomic E-state index is 5.03. The summed E-state index contributed by atoms with van der Waals surface area (Å²) in [4.78, 5) is 7.61. The van der Waals surface area contributed by atoms with E-state index in [2.05, 4.69) is 48.8 Å². The first-order valence-electron chi connectivity index (χ1n) is 10.0. The van der Waals surface area contributed by atoms with E-state index in [1.54, 1.807) is 0 Å². The molecule has 2 nitrogen and oxygen atoms in total. The van der Waals surface area contributed by atoms with Gasteiger partial charge in [0.2, 0.25) is 0 Å². The zero-order valence-electron chi connectivity index (χ0n) is 15.5. The van der Waals surface area contributed by atoms with E-state index >= 15 is 0 Å². The summed E-state index contributed by atoms with van der Waals surface area (Å²) >= 11 is 0. The third-order valence-electron chi connectivity index (χ3n) is 6.35. The molecule has 0 amide bonds. The molecular formula is C23H30N2. The number of hydrogen-bond donors (Lipinski definition) is 0. The maximum atomic E-state index is 5.03. The quantitative estimate of drug-likeness (QED) is 0.691. The highest BCUT2D eigenvalue weighted by molar-refractivity contribution is 5.71. The molecule has 0 aromatic carbocycles. The maximum Gasteiger partial charge on any atom is 0.0864 e. The third kappa shape index (κ3) is 3.31. The number of allylic oxidation sites excluding steroid dienone is 4. The Bertz CT molecular complexity index is 711. The minimum atomic E-state index is 0.694. The van der Waals surface area contributed by atoms with Crippen LogP contribution >= 0.6 is 0 Å². The van der Waals surface area contributed by atoms with Crippen LogP contribution in [0, 0.1) is 5.92 Å². The molecule has 2 fully saturated rings. The Morgan fingerprint density at radius 1 is 1.16 bits per heavy atom. The number of piperidine rings is 1. The topological polar surface area (TPSA) is 16.1 Å². The normalized spacial score (nSPS) is 26.5. The molecule has 1 saturated heterocycles. The molecule has 1 aromatic rings. The Labute approximate surface area is 152 Å². The molecule has 0 radical (unpaired) electrons. The van der Waals surface area contributed by atoms with Gasteiger partial charge in [-0.15, -0.1) is 0 Å². The zero-order chi connectivity index (χ0) is 17.2. The Kier molecular flexibility index (Phi) is 4.78. The second kappa shape index (κ2) is 7.19. The summed E-state index contributed by atoms with van der Waals surface area (Å²) in [7, 11) is 0. The molecule has 0 spiro atoms. The molecule has 0 N–H and O–H groups in total. The average Bonchev–Trinajstić information content (AvgIpc) is 2.67. The van der Waals surface area contributed by atoms with Crippen molar-refractivity contribution in [3.05, 3.63) is 53.9 Å². The fourth-order valence-corrected chi connectivity index (χ4v) is 4.99. The van der Waals surface area contributed by atoms with E-state index in [0.717, 1.165) is 42.4 Å². The molecule has 2 heteroatoms. The van der Waals surface area contributed by atoms with E-state index in [1.807, 2.05) is 0 Å². The number of aromatic nitrogens is 1. The van der Waals surface area contributed by atoms with E-state index in [4.69, 9.17) is 4.98 Å². The van der Waals surface area contributed by atoms with Gasteiger partial charge in [0.05, 0.1) is 17.1 Å². The highest BCUT2D eigenvalue weighted by atomic mass is 15.2. The van der Waals surface area contributed by atoms with Crippen LogP contribution in [0.3, 0.4) is 0 Å². The summed E-state index contributed by atoms with van der Waals surface area (Å²) in [5.41, 5.74) is 6.09. The molecule has 2 atom stereocenters. The predicted octanol–water partition coefficient (Wildman–Crippen LogP) is 5.83. The van der Waals surface area contributed by atoms with Gasteiger partial charge >= 0.3 is 0 Å². The van der Waals surface area contributed by atoms with Crippen molar-refractivity contribution in [2.45, 2.75) is 64.3 Å². The standard InChI is InChI=1S/C23H30N2/c1-17-9-3-5-12-20(17)22-14-7-13-21(24-22)18(2)25-16-8-11-19-10-4-6-15-23(19)25/h3,7,9,13-14,19,23H,2,4-6,8,10-12,15-16H2,1H3. The van der Waals surface area contributed by atoms with Gasteiger partial charge in [0.15, 0.2) is 0 Å². The molecule has 25 heavy (non-hydrogen) atoms. The summed E-state index contributed by atoms with van der Waals surface area (Å²) in [6.45, 7) is 7.83. The van der Waals surface area contributed by atoms with Crippen LogP contribution in [0.1, 0.15) is 69.7 Å². The largest absolute Gasteiger partial charge is 0.367 e. The molecule has 2 heterocycles. The lowest BCUT2D eigenvalue weighted by Crippen LogP contribution is -2.45. The lowest BCUT2D eigenvalue weighted by Gasteiger charge is -2.46. The second-order valence-corrected chi connectivity index (χ2v) is 7.90. The molecule has 4 rings (SSSR count). The Balaban J connectivity index is 1.60.